The minimum atomic E-state index is 0.404. The van der Waals surface area contributed by atoms with Crippen molar-refractivity contribution in [3.63, 3.8) is 0 Å². The van der Waals surface area contributed by atoms with Crippen molar-refractivity contribution >= 4 is 49.3 Å². The van der Waals surface area contributed by atoms with Gasteiger partial charge in [0.25, 0.3) is 0 Å². The maximum atomic E-state index is 8.56. The highest BCUT2D eigenvalue weighted by Gasteiger charge is 2.22. The van der Waals surface area contributed by atoms with Gasteiger partial charge in [-0.2, -0.15) is 0 Å². The van der Waals surface area contributed by atoms with Crippen molar-refractivity contribution in [2.45, 2.75) is 6.42 Å². The second kappa shape index (κ2) is 12.4. The molecule has 248 valence electrons. The molecule has 0 saturated carbocycles. The van der Waals surface area contributed by atoms with Gasteiger partial charge in [-0.3, -0.25) is 0 Å². The maximum absolute atomic E-state index is 8.56. The SMILES string of the molecule is [C-]#[N+]c1cc(-n2c3ccccc3c3ccccc32)c(Cc2nc(-c3ccccc3)nc(-c3ccccc3)n2)cc1-n1c2ccccc2c2ccccc21. The number of hydrogen-bond donors (Lipinski definition) is 0. The topological polar surface area (TPSA) is 52.9 Å². The molecule has 0 amide bonds. The first-order chi connectivity index (χ1) is 26.2. The molecule has 0 saturated heterocycles. The van der Waals surface area contributed by atoms with E-state index in [1.807, 2.05) is 60.7 Å². The summed E-state index contributed by atoms with van der Waals surface area (Å²) in [6, 6.07) is 58.1. The van der Waals surface area contributed by atoms with E-state index in [4.69, 9.17) is 21.5 Å². The largest absolute Gasteiger partial charge is 0.319 e. The molecule has 7 aromatic carbocycles. The van der Waals surface area contributed by atoms with E-state index in [1.165, 1.54) is 0 Å². The predicted molar refractivity (Wildman–Crippen MR) is 215 cm³/mol. The third-order valence-electron chi connectivity index (χ3n) is 10.0. The van der Waals surface area contributed by atoms with Gasteiger partial charge in [0, 0.05) is 44.8 Å². The first-order valence-electron chi connectivity index (χ1n) is 17.6. The lowest BCUT2D eigenvalue weighted by Crippen LogP contribution is -2.08. The second-order valence-corrected chi connectivity index (χ2v) is 13.1. The zero-order chi connectivity index (χ0) is 35.3. The maximum Gasteiger partial charge on any atom is 0.212 e. The van der Waals surface area contributed by atoms with Crippen LogP contribution in [0.2, 0.25) is 0 Å². The van der Waals surface area contributed by atoms with E-state index in [0.717, 1.165) is 71.7 Å². The summed E-state index contributed by atoms with van der Waals surface area (Å²) >= 11 is 0. The molecular formula is C47H30N6. The second-order valence-electron chi connectivity index (χ2n) is 13.1. The van der Waals surface area contributed by atoms with Crippen LogP contribution in [-0.4, -0.2) is 24.1 Å². The molecular weight excluding hydrogens is 649 g/mol. The van der Waals surface area contributed by atoms with Crippen LogP contribution in [0, 0.1) is 6.57 Å². The quantitative estimate of drug-likeness (QED) is 0.165. The molecule has 0 unspecified atom stereocenters. The number of hydrogen-bond acceptors (Lipinski definition) is 3. The smallest absolute Gasteiger partial charge is 0.212 e. The Hall–Kier alpha value is -7.36. The Kier molecular flexibility index (Phi) is 7.16. The number of benzene rings is 7. The minimum absolute atomic E-state index is 0.404. The van der Waals surface area contributed by atoms with E-state index >= 15 is 0 Å². The predicted octanol–water partition coefficient (Wildman–Crippen LogP) is 11.5. The molecule has 0 N–H and O–H groups in total. The standard InChI is InChI=1S/C47H30N6/c1-48-38-30-43(52-39-24-12-8-20-34(39)35-21-9-13-25-40(35)52)33(28-44(38)53-41-26-14-10-22-36(41)37-23-11-15-27-42(37)53)29-45-49-46(31-16-4-2-5-17-31)51-47(50-45)32-18-6-3-7-19-32/h2-28,30H,29H2. The van der Waals surface area contributed by atoms with Gasteiger partial charge < -0.3 is 9.13 Å². The van der Waals surface area contributed by atoms with Crippen LogP contribution < -0.4 is 0 Å². The number of rotatable bonds is 6. The minimum Gasteiger partial charge on any atom is -0.319 e. The summed E-state index contributed by atoms with van der Waals surface area (Å²) < 4.78 is 4.52. The van der Waals surface area contributed by atoms with E-state index in [-0.39, 0.29) is 0 Å². The molecule has 3 aromatic heterocycles. The number of aromatic nitrogens is 5. The number of para-hydroxylation sites is 4. The van der Waals surface area contributed by atoms with Crippen LogP contribution in [0.15, 0.2) is 170 Å². The third kappa shape index (κ3) is 5.06. The van der Waals surface area contributed by atoms with E-state index in [9.17, 15) is 0 Å². The molecule has 3 heterocycles. The van der Waals surface area contributed by atoms with Crippen LogP contribution in [0.25, 0.3) is 82.6 Å². The molecule has 0 spiro atoms. The summed E-state index contributed by atoms with van der Waals surface area (Å²) in [7, 11) is 0. The Bertz CT molecular complexity index is 2880. The summed E-state index contributed by atoms with van der Waals surface area (Å²) in [6.07, 6.45) is 0.404. The average molecular weight is 679 g/mol. The van der Waals surface area contributed by atoms with Crippen LogP contribution in [0.5, 0.6) is 0 Å². The fourth-order valence-corrected chi connectivity index (χ4v) is 7.69. The molecule has 0 fully saturated rings. The zero-order valence-electron chi connectivity index (χ0n) is 28.6. The number of nitrogens with zero attached hydrogens (tertiary/aromatic N) is 6. The highest BCUT2D eigenvalue weighted by Crippen LogP contribution is 2.40. The normalized spacial score (nSPS) is 11.5. The Morgan fingerprint density at radius 2 is 0.830 bits per heavy atom. The summed E-state index contributed by atoms with van der Waals surface area (Å²) in [4.78, 5) is 19.4. The van der Waals surface area contributed by atoms with Gasteiger partial charge in [0.2, 0.25) is 5.69 Å². The van der Waals surface area contributed by atoms with Crippen LogP contribution in [0.4, 0.5) is 5.69 Å². The van der Waals surface area contributed by atoms with Gasteiger partial charge in [-0.15, -0.1) is 0 Å². The summed E-state index contributed by atoms with van der Waals surface area (Å²) in [5.41, 5.74) is 9.36. The molecule has 53 heavy (non-hydrogen) atoms. The van der Waals surface area contributed by atoms with Gasteiger partial charge in [0.05, 0.1) is 34.3 Å². The van der Waals surface area contributed by atoms with Crippen LogP contribution in [0.3, 0.4) is 0 Å². The van der Waals surface area contributed by atoms with E-state index < -0.39 is 0 Å². The van der Waals surface area contributed by atoms with E-state index in [1.54, 1.807) is 0 Å². The lowest BCUT2D eigenvalue weighted by atomic mass is 10.0. The van der Waals surface area contributed by atoms with Crippen molar-refractivity contribution in [3.8, 4) is 34.2 Å². The number of fused-ring (bicyclic) bond motifs is 6. The van der Waals surface area contributed by atoms with Crippen molar-refractivity contribution in [1.82, 2.24) is 24.1 Å². The highest BCUT2D eigenvalue weighted by molar-refractivity contribution is 6.11. The summed E-state index contributed by atoms with van der Waals surface area (Å²) in [6.45, 7) is 8.56. The van der Waals surface area contributed by atoms with Gasteiger partial charge in [-0.05, 0) is 42.0 Å². The van der Waals surface area contributed by atoms with Gasteiger partial charge in [0.15, 0.2) is 11.6 Å². The molecule has 0 atom stereocenters. The van der Waals surface area contributed by atoms with Crippen molar-refractivity contribution < 1.29 is 0 Å². The Morgan fingerprint density at radius 1 is 0.434 bits per heavy atom. The Morgan fingerprint density at radius 3 is 1.26 bits per heavy atom. The Labute approximate surface area is 305 Å². The molecule has 0 aliphatic rings. The molecule has 10 aromatic rings. The molecule has 6 nitrogen and oxygen atoms in total. The average Bonchev–Trinajstić information content (AvgIpc) is 3.74. The van der Waals surface area contributed by atoms with Gasteiger partial charge in [-0.1, -0.05) is 133 Å². The molecule has 10 rings (SSSR count). The first-order valence-corrected chi connectivity index (χ1v) is 17.6. The van der Waals surface area contributed by atoms with Gasteiger partial charge in [-0.25, -0.2) is 19.8 Å². The zero-order valence-corrected chi connectivity index (χ0v) is 28.6. The molecule has 0 bridgehead atoms. The van der Waals surface area contributed by atoms with E-state index in [2.05, 4.69) is 123 Å². The van der Waals surface area contributed by atoms with Crippen LogP contribution in [0.1, 0.15) is 11.4 Å². The summed E-state index contributed by atoms with van der Waals surface area (Å²) in [5.74, 6) is 1.88. The van der Waals surface area contributed by atoms with Crippen molar-refractivity contribution in [2.75, 3.05) is 0 Å². The molecule has 0 aliphatic carbocycles. The van der Waals surface area contributed by atoms with Crippen molar-refractivity contribution in [1.29, 1.82) is 0 Å². The van der Waals surface area contributed by atoms with Crippen LogP contribution in [-0.2, 0) is 6.42 Å². The lowest BCUT2D eigenvalue weighted by Gasteiger charge is -2.19. The molecule has 6 heteroatoms. The highest BCUT2D eigenvalue weighted by atomic mass is 15.0. The fraction of sp³-hybridized carbons (Fsp3) is 0.0213. The van der Waals surface area contributed by atoms with E-state index in [0.29, 0.717) is 29.6 Å². The fourth-order valence-electron chi connectivity index (χ4n) is 7.69. The monoisotopic (exact) mass is 678 g/mol. The Balaban J connectivity index is 1.28. The summed E-state index contributed by atoms with van der Waals surface area (Å²) in [5, 5.41) is 4.60. The van der Waals surface area contributed by atoms with Gasteiger partial charge in [0.1, 0.15) is 5.82 Å². The van der Waals surface area contributed by atoms with Crippen molar-refractivity contribution in [2.24, 2.45) is 0 Å². The molecule has 0 radical (unpaired) electrons. The van der Waals surface area contributed by atoms with Gasteiger partial charge >= 0.3 is 0 Å². The first kappa shape index (κ1) is 30.5. The molecule has 0 aliphatic heterocycles. The van der Waals surface area contributed by atoms with Crippen LogP contribution >= 0.6 is 0 Å². The third-order valence-corrected chi connectivity index (χ3v) is 10.0. The van der Waals surface area contributed by atoms with Crippen molar-refractivity contribution in [3.05, 3.63) is 193 Å². The lowest BCUT2D eigenvalue weighted by molar-refractivity contribution is 0.923.